The number of imidazole rings is 1. The molecule has 0 radical (unpaired) electrons. The summed E-state index contributed by atoms with van der Waals surface area (Å²) in [6.07, 6.45) is 3.53. The number of hydrogen-bond acceptors (Lipinski definition) is 7. The lowest BCUT2D eigenvalue weighted by Crippen LogP contribution is -2.46. The second-order valence-electron chi connectivity index (χ2n) is 7.52. The van der Waals surface area contributed by atoms with Crippen LogP contribution < -0.4 is 4.90 Å². The van der Waals surface area contributed by atoms with E-state index in [0.29, 0.717) is 5.52 Å². The van der Waals surface area contributed by atoms with Gasteiger partial charge in [-0.15, -0.1) is 0 Å². The van der Waals surface area contributed by atoms with Crippen LogP contribution in [-0.2, 0) is 23.1 Å². The molecule has 9 nitrogen and oxygen atoms in total. The predicted octanol–water partition coefficient (Wildman–Crippen LogP) is 1.42. The number of aromatic nitrogens is 4. The van der Waals surface area contributed by atoms with E-state index in [1.807, 2.05) is 12.1 Å². The second-order valence-corrected chi connectivity index (χ2v) is 9.67. The molecule has 3 heterocycles. The minimum absolute atomic E-state index is 0.267. The number of piperazine rings is 1. The molecule has 1 aliphatic rings. The highest BCUT2D eigenvalue weighted by Gasteiger charge is 2.22. The Labute approximate surface area is 177 Å². The first kappa shape index (κ1) is 20.7. The van der Waals surface area contributed by atoms with Gasteiger partial charge in [-0.1, -0.05) is 0 Å². The molecule has 0 N–H and O–H groups in total. The van der Waals surface area contributed by atoms with Gasteiger partial charge in [0.05, 0.1) is 22.5 Å². The van der Waals surface area contributed by atoms with E-state index in [-0.39, 0.29) is 4.90 Å². The van der Waals surface area contributed by atoms with Gasteiger partial charge in [-0.25, -0.2) is 27.7 Å². The molecule has 10 heteroatoms. The van der Waals surface area contributed by atoms with Gasteiger partial charge in [0.1, 0.15) is 5.82 Å². The Hall–Kier alpha value is -2.56. The van der Waals surface area contributed by atoms with Crippen molar-refractivity contribution >= 4 is 27.0 Å². The zero-order valence-electron chi connectivity index (χ0n) is 17.6. The van der Waals surface area contributed by atoms with Gasteiger partial charge < -0.3 is 9.47 Å². The highest BCUT2D eigenvalue weighted by molar-refractivity contribution is 7.89. The van der Waals surface area contributed by atoms with Crippen LogP contribution in [-0.4, -0.2) is 77.4 Å². The molecule has 0 aliphatic carbocycles. The van der Waals surface area contributed by atoms with Gasteiger partial charge in [-0.05, 0) is 31.2 Å². The Kier molecular flexibility index (Phi) is 5.72. The third-order valence-corrected chi connectivity index (χ3v) is 7.28. The molecule has 3 aromatic rings. The van der Waals surface area contributed by atoms with Crippen molar-refractivity contribution in [1.82, 2.24) is 28.7 Å². The molecular formula is C20H27N7O2S. The maximum Gasteiger partial charge on any atom is 0.242 e. The summed E-state index contributed by atoms with van der Waals surface area (Å²) in [7, 11) is -0.407. The molecule has 0 spiro atoms. The van der Waals surface area contributed by atoms with E-state index in [9.17, 15) is 8.42 Å². The summed E-state index contributed by atoms with van der Waals surface area (Å²) < 4.78 is 28.3. The van der Waals surface area contributed by atoms with E-state index in [2.05, 4.69) is 31.3 Å². The zero-order chi connectivity index (χ0) is 21.3. The van der Waals surface area contributed by atoms with E-state index in [0.717, 1.165) is 56.6 Å². The number of hydrogen-bond donors (Lipinski definition) is 0. The molecule has 4 rings (SSSR count). The molecule has 2 aromatic heterocycles. The van der Waals surface area contributed by atoms with Crippen molar-refractivity contribution in [3.8, 4) is 0 Å². The third-order valence-electron chi connectivity index (χ3n) is 5.47. The van der Waals surface area contributed by atoms with Gasteiger partial charge in [0.15, 0.2) is 0 Å². The molecule has 0 saturated carbocycles. The summed E-state index contributed by atoms with van der Waals surface area (Å²) in [5, 5.41) is 0. The van der Waals surface area contributed by atoms with Crippen LogP contribution in [0, 0.1) is 0 Å². The van der Waals surface area contributed by atoms with Crippen LogP contribution in [0.15, 0.2) is 41.6 Å². The second kappa shape index (κ2) is 8.29. The Bertz CT molecular complexity index is 1120. The van der Waals surface area contributed by atoms with Gasteiger partial charge in [0.25, 0.3) is 0 Å². The number of rotatable bonds is 6. The number of anilines is 1. The lowest BCUT2D eigenvalue weighted by molar-refractivity contribution is 0.240. The molecule has 1 aromatic carbocycles. The van der Waals surface area contributed by atoms with Crippen LogP contribution in [0.25, 0.3) is 11.0 Å². The molecule has 1 aliphatic heterocycles. The van der Waals surface area contributed by atoms with Crippen LogP contribution in [0.3, 0.4) is 0 Å². The standard InChI is InChI=1S/C20H27N7O2S/c1-4-27-18-7-6-16(30(28,29)24(2)3)14-17(18)23-19(27)15-25-10-12-26(13-11-25)20-21-8-5-9-22-20/h5-9,14H,4,10-13,15H2,1-3H3. The van der Waals surface area contributed by atoms with Crippen molar-refractivity contribution in [1.29, 1.82) is 0 Å². The minimum atomic E-state index is -3.48. The monoisotopic (exact) mass is 429 g/mol. The first-order chi connectivity index (χ1) is 14.4. The first-order valence-electron chi connectivity index (χ1n) is 10.1. The van der Waals surface area contributed by atoms with E-state index in [4.69, 9.17) is 4.98 Å². The maximum atomic E-state index is 12.5. The molecule has 0 amide bonds. The van der Waals surface area contributed by atoms with Gasteiger partial charge >= 0.3 is 0 Å². The number of fused-ring (bicyclic) bond motifs is 1. The zero-order valence-corrected chi connectivity index (χ0v) is 18.4. The molecular weight excluding hydrogens is 402 g/mol. The Morgan fingerprint density at radius 2 is 1.77 bits per heavy atom. The van der Waals surface area contributed by atoms with Gasteiger partial charge in [0.2, 0.25) is 16.0 Å². The Morgan fingerprint density at radius 3 is 2.40 bits per heavy atom. The molecule has 0 unspecified atom stereocenters. The summed E-state index contributed by atoms with van der Waals surface area (Å²) in [6.45, 7) is 7.10. The maximum absolute atomic E-state index is 12.5. The smallest absolute Gasteiger partial charge is 0.242 e. The quantitative estimate of drug-likeness (QED) is 0.586. The summed E-state index contributed by atoms with van der Waals surface area (Å²) in [4.78, 5) is 18.3. The summed E-state index contributed by atoms with van der Waals surface area (Å²) in [5.74, 6) is 1.73. The highest BCUT2D eigenvalue weighted by Crippen LogP contribution is 2.23. The first-order valence-corrected chi connectivity index (χ1v) is 11.5. The molecule has 30 heavy (non-hydrogen) atoms. The molecule has 1 fully saturated rings. The average Bonchev–Trinajstić information content (AvgIpc) is 3.10. The van der Waals surface area contributed by atoms with Crippen LogP contribution in [0.2, 0.25) is 0 Å². The van der Waals surface area contributed by atoms with Crippen LogP contribution >= 0.6 is 0 Å². The average molecular weight is 430 g/mol. The van der Waals surface area contributed by atoms with E-state index in [1.165, 1.54) is 18.4 Å². The van der Waals surface area contributed by atoms with E-state index >= 15 is 0 Å². The number of nitrogens with zero attached hydrogens (tertiary/aromatic N) is 7. The fourth-order valence-corrected chi connectivity index (χ4v) is 4.69. The van der Waals surface area contributed by atoms with Gasteiger partial charge in [0, 0.05) is 59.2 Å². The van der Waals surface area contributed by atoms with E-state index < -0.39 is 10.0 Å². The lowest BCUT2D eigenvalue weighted by atomic mass is 10.3. The summed E-state index contributed by atoms with van der Waals surface area (Å²) in [5.41, 5.74) is 1.67. The highest BCUT2D eigenvalue weighted by atomic mass is 32.2. The number of sulfonamides is 1. The fourth-order valence-electron chi connectivity index (χ4n) is 3.76. The minimum Gasteiger partial charge on any atom is -0.338 e. The van der Waals surface area contributed by atoms with Crippen molar-refractivity contribution in [3.63, 3.8) is 0 Å². The van der Waals surface area contributed by atoms with E-state index in [1.54, 1.807) is 24.5 Å². The fraction of sp³-hybridized carbons (Fsp3) is 0.450. The van der Waals surface area contributed by atoms with Crippen LogP contribution in [0.1, 0.15) is 12.7 Å². The molecule has 0 atom stereocenters. The molecule has 1 saturated heterocycles. The van der Waals surface area contributed by atoms with Crippen LogP contribution in [0.5, 0.6) is 0 Å². The normalized spacial score (nSPS) is 15.9. The lowest BCUT2D eigenvalue weighted by Gasteiger charge is -2.34. The third kappa shape index (κ3) is 3.90. The van der Waals surface area contributed by atoms with Gasteiger partial charge in [-0.2, -0.15) is 0 Å². The van der Waals surface area contributed by atoms with Crippen molar-refractivity contribution in [2.75, 3.05) is 45.2 Å². The SMILES string of the molecule is CCn1c(CN2CCN(c3ncccn3)CC2)nc2cc(S(=O)(=O)N(C)C)ccc21. The number of aryl methyl sites for hydroxylation is 1. The number of benzene rings is 1. The topological polar surface area (TPSA) is 87.5 Å². The van der Waals surface area contributed by atoms with Gasteiger partial charge in [-0.3, -0.25) is 4.90 Å². The van der Waals surface area contributed by atoms with Crippen molar-refractivity contribution < 1.29 is 8.42 Å². The van der Waals surface area contributed by atoms with Crippen molar-refractivity contribution in [2.45, 2.75) is 24.9 Å². The van der Waals surface area contributed by atoms with Crippen molar-refractivity contribution in [2.24, 2.45) is 0 Å². The Balaban J connectivity index is 1.53. The summed E-state index contributed by atoms with van der Waals surface area (Å²) >= 11 is 0. The van der Waals surface area contributed by atoms with Crippen molar-refractivity contribution in [3.05, 3.63) is 42.5 Å². The van der Waals surface area contributed by atoms with Crippen LogP contribution in [0.4, 0.5) is 5.95 Å². The molecule has 160 valence electrons. The largest absolute Gasteiger partial charge is 0.338 e. The molecule has 0 bridgehead atoms. The Morgan fingerprint density at radius 1 is 1.07 bits per heavy atom. The predicted molar refractivity (Wildman–Crippen MR) is 116 cm³/mol. The summed E-state index contributed by atoms with van der Waals surface area (Å²) in [6, 6.07) is 7.01.